The molecule has 3 rings (SSSR count). The largest absolute Gasteiger partial charge is 0.353 e. The summed E-state index contributed by atoms with van der Waals surface area (Å²) in [6, 6.07) is 9.49. The van der Waals surface area contributed by atoms with E-state index in [9.17, 15) is 10.1 Å². The smallest absolute Gasteiger partial charge is 0.255 e. The zero-order chi connectivity index (χ0) is 18.7. The summed E-state index contributed by atoms with van der Waals surface area (Å²) in [5.74, 6) is 0.912. The molecular formula is C20H21BrN4O. The zero-order valence-corrected chi connectivity index (χ0v) is 16.6. The molecule has 1 aromatic carbocycles. The molecule has 0 atom stereocenters. The second-order valence-electron chi connectivity index (χ2n) is 6.42. The van der Waals surface area contributed by atoms with E-state index in [1.54, 1.807) is 18.2 Å². The normalized spacial score (nSPS) is 14.2. The Kier molecular flexibility index (Phi) is 5.58. The summed E-state index contributed by atoms with van der Waals surface area (Å²) in [6.07, 6.45) is 2.91. The topological polar surface area (TPSA) is 60.2 Å². The maximum absolute atomic E-state index is 12.8. The summed E-state index contributed by atoms with van der Waals surface area (Å²) in [5.41, 5.74) is 3.27. The lowest BCUT2D eigenvalue weighted by Gasteiger charge is -2.36. The fourth-order valence-electron chi connectivity index (χ4n) is 3.24. The number of aromatic nitrogens is 1. The molecule has 0 aliphatic carbocycles. The fraction of sp³-hybridized carbons (Fsp3) is 0.350. The van der Waals surface area contributed by atoms with E-state index in [2.05, 4.69) is 51.8 Å². The van der Waals surface area contributed by atoms with Gasteiger partial charge in [0.2, 0.25) is 0 Å². The van der Waals surface area contributed by atoms with E-state index in [-0.39, 0.29) is 5.91 Å². The van der Waals surface area contributed by atoms with Crippen molar-refractivity contribution in [2.75, 3.05) is 31.1 Å². The Balaban J connectivity index is 1.71. The van der Waals surface area contributed by atoms with Gasteiger partial charge < -0.3 is 9.80 Å². The van der Waals surface area contributed by atoms with Crippen molar-refractivity contribution in [1.82, 2.24) is 9.88 Å². The minimum atomic E-state index is -0.0836. The van der Waals surface area contributed by atoms with E-state index in [4.69, 9.17) is 0 Å². The molecule has 0 unspecified atom stereocenters. The van der Waals surface area contributed by atoms with Crippen LogP contribution in [0.2, 0.25) is 0 Å². The van der Waals surface area contributed by atoms with E-state index in [1.807, 2.05) is 11.1 Å². The van der Waals surface area contributed by atoms with Gasteiger partial charge in [-0.1, -0.05) is 28.9 Å². The molecule has 1 aromatic heterocycles. The third kappa shape index (κ3) is 3.73. The molecule has 5 nitrogen and oxygen atoms in total. The number of rotatable bonds is 3. The van der Waals surface area contributed by atoms with Crippen molar-refractivity contribution in [3.05, 3.63) is 57.2 Å². The Morgan fingerprint density at radius 3 is 2.62 bits per heavy atom. The number of hydrogen-bond donors (Lipinski definition) is 0. The molecular weight excluding hydrogens is 392 g/mol. The lowest BCUT2D eigenvalue weighted by molar-refractivity contribution is 0.0746. The van der Waals surface area contributed by atoms with Crippen molar-refractivity contribution in [3.8, 4) is 6.07 Å². The second-order valence-corrected chi connectivity index (χ2v) is 7.33. The van der Waals surface area contributed by atoms with Gasteiger partial charge in [0, 0.05) is 36.8 Å². The highest BCUT2D eigenvalue weighted by molar-refractivity contribution is 9.10. The third-order valence-corrected chi connectivity index (χ3v) is 5.21. The van der Waals surface area contributed by atoms with Gasteiger partial charge in [-0.3, -0.25) is 4.79 Å². The van der Waals surface area contributed by atoms with Crippen molar-refractivity contribution in [3.63, 3.8) is 0 Å². The van der Waals surface area contributed by atoms with Gasteiger partial charge in [0.1, 0.15) is 5.82 Å². The number of halogens is 1. The maximum atomic E-state index is 12.8. The molecule has 1 saturated heterocycles. The van der Waals surface area contributed by atoms with Gasteiger partial charge in [0.05, 0.1) is 17.2 Å². The number of nitrogens with zero attached hydrogens (tertiary/aromatic N) is 4. The van der Waals surface area contributed by atoms with Gasteiger partial charge in [0.15, 0.2) is 0 Å². The number of carbonyl (C=O) groups is 1. The third-order valence-electron chi connectivity index (χ3n) is 4.71. The highest BCUT2D eigenvalue weighted by atomic mass is 79.9. The van der Waals surface area contributed by atoms with Crippen LogP contribution in [0.25, 0.3) is 0 Å². The van der Waals surface area contributed by atoms with E-state index < -0.39 is 0 Å². The number of nitriles is 1. The molecule has 2 aromatic rings. The van der Waals surface area contributed by atoms with Gasteiger partial charge in [0.25, 0.3) is 5.91 Å². The van der Waals surface area contributed by atoms with Crippen LogP contribution < -0.4 is 4.90 Å². The van der Waals surface area contributed by atoms with Crippen LogP contribution in [0.3, 0.4) is 0 Å². The molecule has 0 N–H and O–H groups in total. The lowest BCUT2D eigenvalue weighted by Crippen LogP contribution is -2.49. The first-order valence-electron chi connectivity index (χ1n) is 8.73. The Hall–Kier alpha value is -2.39. The molecule has 26 heavy (non-hydrogen) atoms. The first-order chi connectivity index (χ1) is 12.5. The minimum absolute atomic E-state index is 0.0836. The number of pyridine rings is 1. The van der Waals surface area contributed by atoms with Crippen molar-refractivity contribution in [2.24, 2.45) is 0 Å². The molecule has 2 heterocycles. The number of benzene rings is 1. The molecule has 6 heteroatoms. The standard InChI is InChI=1S/C20H21BrN4O/c1-3-15-10-14(2)19(23-13-15)24-6-8-25(9-7-24)20(26)18-5-4-17(21)11-16(18)12-22/h4-5,10-11,13H,3,6-9H2,1-2H3. The maximum Gasteiger partial charge on any atom is 0.255 e. The molecule has 0 spiro atoms. The predicted molar refractivity (Wildman–Crippen MR) is 105 cm³/mol. The van der Waals surface area contributed by atoms with Crippen LogP contribution in [0.5, 0.6) is 0 Å². The predicted octanol–water partition coefficient (Wildman–Crippen LogP) is 3.55. The monoisotopic (exact) mass is 412 g/mol. The number of anilines is 1. The first-order valence-corrected chi connectivity index (χ1v) is 9.52. The van der Waals surface area contributed by atoms with Gasteiger partial charge in [-0.15, -0.1) is 0 Å². The van der Waals surface area contributed by atoms with Crippen LogP contribution >= 0.6 is 15.9 Å². The zero-order valence-electron chi connectivity index (χ0n) is 15.0. The van der Waals surface area contributed by atoms with E-state index in [0.29, 0.717) is 24.2 Å². The Bertz CT molecular complexity index is 867. The summed E-state index contributed by atoms with van der Waals surface area (Å²) in [5, 5.41) is 9.30. The number of amides is 1. The highest BCUT2D eigenvalue weighted by Crippen LogP contribution is 2.22. The molecule has 1 fully saturated rings. The average Bonchev–Trinajstić information content (AvgIpc) is 2.67. The molecule has 1 amide bonds. The second kappa shape index (κ2) is 7.88. The Morgan fingerprint density at radius 2 is 2.00 bits per heavy atom. The van der Waals surface area contributed by atoms with Gasteiger partial charge >= 0.3 is 0 Å². The Morgan fingerprint density at radius 1 is 1.27 bits per heavy atom. The van der Waals surface area contributed by atoms with Crippen LogP contribution in [-0.4, -0.2) is 42.0 Å². The SMILES string of the molecule is CCc1cnc(N2CCN(C(=O)c3ccc(Br)cc3C#N)CC2)c(C)c1. The number of piperazine rings is 1. The molecule has 0 radical (unpaired) electrons. The van der Waals surface area contributed by atoms with Crippen molar-refractivity contribution in [2.45, 2.75) is 20.3 Å². The van der Waals surface area contributed by atoms with Crippen molar-refractivity contribution in [1.29, 1.82) is 5.26 Å². The van der Waals surface area contributed by atoms with E-state index >= 15 is 0 Å². The lowest BCUT2D eigenvalue weighted by atomic mass is 10.1. The summed E-state index contributed by atoms with van der Waals surface area (Å²) < 4.78 is 0.799. The Labute approximate surface area is 162 Å². The fourth-order valence-corrected chi connectivity index (χ4v) is 3.60. The molecule has 0 saturated carbocycles. The van der Waals surface area contributed by atoms with Gasteiger partial charge in [-0.25, -0.2) is 4.98 Å². The molecule has 1 aliphatic rings. The van der Waals surface area contributed by atoms with Crippen molar-refractivity contribution < 1.29 is 4.79 Å². The summed E-state index contributed by atoms with van der Waals surface area (Å²) in [6.45, 7) is 6.93. The quantitative estimate of drug-likeness (QED) is 0.772. The summed E-state index contributed by atoms with van der Waals surface area (Å²) >= 11 is 3.34. The summed E-state index contributed by atoms with van der Waals surface area (Å²) in [7, 11) is 0. The van der Waals surface area contributed by atoms with Crippen LogP contribution in [-0.2, 0) is 6.42 Å². The number of hydrogen-bond acceptors (Lipinski definition) is 4. The summed E-state index contributed by atoms with van der Waals surface area (Å²) in [4.78, 5) is 21.5. The van der Waals surface area contributed by atoms with Crippen LogP contribution in [0.4, 0.5) is 5.82 Å². The van der Waals surface area contributed by atoms with Crippen molar-refractivity contribution >= 4 is 27.7 Å². The van der Waals surface area contributed by atoms with Gasteiger partial charge in [-0.05, 0) is 42.7 Å². The van der Waals surface area contributed by atoms with Crippen LogP contribution in [0, 0.1) is 18.3 Å². The van der Waals surface area contributed by atoms with Gasteiger partial charge in [-0.2, -0.15) is 5.26 Å². The first kappa shape index (κ1) is 18.4. The van der Waals surface area contributed by atoms with Crippen LogP contribution in [0.15, 0.2) is 34.9 Å². The number of aryl methyl sites for hydroxylation is 2. The average molecular weight is 413 g/mol. The van der Waals surface area contributed by atoms with Crippen LogP contribution in [0.1, 0.15) is 34.0 Å². The molecule has 0 bridgehead atoms. The molecule has 134 valence electrons. The van der Waals surface area contributed by atoms with E-state index in [1.165, 1.54) is 11.1 Å². The van der Waals surface area contributed by atoms with E-state index in [0.717, 1.165) is 29.8 Å². The highest BCUT2D eigenvalue weighted by Gasteiger charge is 2.25. The minimum Gasteiger partial charge on any atom is -0.353 e. The number of carbonyl (C=O) groups excluding carboxylic acids is 1. The molecule has 1 aliphatic heterocycles.